The van der Waals surface area contributed by atoms with Crippen LogP contribution in [0.4, 0.5) is 0 Å². The van der Waals surface area contributed by atoms with Crippen LogP contribution < -0.4 is 34.3 Å². The van der Waals surface area contributed by atoms with Gasteiger partial charge in [0, 0.05) is 11.4 Å². The molecule has 0 fully saturated rings. The van der Waals surface area contributed by atoms with E-state index in [-0.39, 0.29) is 58.1 Å². The number of nitrogens with one attached hydrogen (secondary N) is 1. The van der Waals surface area contributed by atoms with E-state index in [4.69, 9.17) is 11.6 Å². The molecule has 176 valence electrons. The number of rotatable bonds is 8. The minimum Gasteiger partial charge on any atom is -0.744 e. The molecule has 34 heavy (non-hydrogen) atoms. The van der Waals surface area contributed by atoms with Gasteiger partial charge >= 0.3 is 29.6 Å². The Morgan fingerprint density at radius 1 is 0.971 bits per heavy atom. The SMILES string of the molecule is CC(C)c1ccc2c(CCCC(=O)NS(=O)(=O)c3ccc(Cl)cc3)cc(S(=O)(=O)[O-])c-2cc1.[Na+]. The van der Waals surface area contributed by atoms with E-state index < -0.39 is 26.0 Å². The summed E-state index contributed by atoms with van der Waals surface area (Å²) in [6.45, 7) is 4.01. The fraction of sp³-hybridized carbons (Fsp3) is 0.261. The van der Waals surface area contributed by atoms with Crippen molar-refractivity contribution < 1.29 is 55.7 Å². The van der Waals surface area contributed by atoms with Crippen LogP contribution >= 0.6 is 11.6 Å². The number of amides is 1. The third kappa shape index (κ3) is 7.04. The summed E-state index contributed by atoms with van der Waals surface area (Å²) >= 11 is 5.76. The Balaban J connectivity index is 0.00000408. The zero-order valence-electron chi connectivity index (χ0n) is 19.0. The van der Waals surface area contributed by atoms with Gasteiger partial charge in [-0.3, -0.25) is 4.79 Å². The maximum absolute atomic E-state index is 12.3. The van der Waals surface area contributed by atoms with Gasteiger partial charge in [-0.1, -0.05) is 49.7 Å². The standard InChI is InChI=1S/C23H24ClNO6S2.Na/c1-15(2)16-6-12-20-17(14-22(33(29,30)31)21(20)13-7-16)4-3-5-23(26)25-32(27,28)19-10-8-18(24)9-11-19;/h6-15H,3-5H2,1-2H3,(H,25,26)(H,29,30,31);/q;+1/p-1. The number of carbonyl (C=O) groups is 1. The van der Waals surface area contributed by atoms with E-state index in [1.54, 1.807) is 18.2 Å². The zero-order chi connectivity index (χ0) is 24.4. The van der Waals surface area contributed by atoms with Crippen molar-refractivity contribution in [1.29, 1.82) is 0 Å². The van der Waals surface area contributed by atoms with Crippen molar-refractivity contribution in [1.82, 2.24) is 4.72 Å². The number of halogens is 1. The minimum atomic E-state index is -4.69. The van der Waals surface area contributed by atoms with Crippen molar-refractivity contribution in [3.8, 4) is 11.1 Å². The molecular formula is C23H23ClNNaO6S2. The second kappa shape index (κ2) is 11.5. The van der Waals surface area contributed by atoms with Crippen LogP contribution in [0.5, 0.6) is 0 Å². The molecule has 0 radical (unpaired) electrons. The average Bonchev–Trinajstić information content (AvgIpc) is 2.91. The summed E-state index contributed by atoms with van der Waals surface area (Å²) in [6, 6.07) is 13.8. The molecule has 1 aromatic carbocycles. The number of benzene rings is 1. The van der Waals surface area contributed by atoms with E-state index in [0.29, 0.717) is 28.1 Å². The van der Waals surface area contributed by atoms with Gasteiger partial charge < -0.3 is 4.55 Å². The number of hydrogen-bond donors (Lipinski definition) is 1. The molecule has 0 saturated carbocycles. The Hall–Kier alpha value is -1.46. The molecule has 0 saturated heterocycles. The van der Waals surface area contributed by atoms with Crippen LogP contribution in [0, 0.1) is 0 Å². The summed E-state index contributed by atoms with van der Waals surface area (Å²) in [5, 5.41) is 0.371. The van der Waals surface area contributed by atoms with Crippen molar-refractivity contribution in [2.45, 2.75) is 48.8 Å². The van der Waals surface area contributed by atoms with Crippen LogP contribution in [-0.2, 0) is 31.4 Å². The van der Waals surface area contributed by atoms with E-state index in [1.807, 2.05) is 24.6 Å². The van der Waals surface area contributed by atoms with E-state index >= 15 is 0 Å². The summed E-state index contributed by atoms with van der Waals surface area (Å²) in [7, 11) is -8.71. The van der Waals surface area contributed by atoms with Crippen molar-refractivity contribution >= 4 is 37.6 Å². The maximum Gasteiger partial charge on any atom is 1.00 e. The van der Waals surface area contributed by atoms with E-state index in [0.717, 1.165) is 5.56 Å². The van der Waals surface area contributed by atoms with Crippen LogP contribution in [-0.4, -0.2) is 27.3 Å². The summed E-state index contributed by atoms with van der Waals surface area (Å²) in [4.78, 5) is 11.8. The first-order chi connectivity index (χ1) is 15.4. The molecule has 0 spiro atoms. The molecule has 3 rings (SSSR count). The molecule has 0 aliphatic heterocycles. The second-order valence-electron chi connectivity index (χ2n) is 7.97. The van der Waals surface area contributed by atoms with Gasteiger partial charge in [0.2, 0.25) is 5.91 Å². The molecule has 1 aromatic rings. The number of fused-ring (bicyclic) bond motifs is 1. The Morgan fingerprint density at radius 3 is 2.12 bits per heavy atom. The summed E-state index contributed by atoms with van der Waals surface area (Å²) < 4.78 is 62.0. The molecule has 0 aromatic heterocycles. The number of aryl methyl sites for hydroxylation is 1. The molecule has 0 heterocycles. The van der Waals surface area contributed by atoms with Gasteiger partial charge in [0.25, 0.3) is 10.0 Å². The predicted octanol–water partition coefficient (Wildman–Crippen LogP) is 1.30. The van der Waals surface area contributed by atoms with Gasteiger partial charge in [-0.05, 0) is 71.3 Å². The van der Waals surface area contributed by atoms with Crippen LogP contribution in [0.15, 0.2) is 64.4 Å². The third-order valence-electron chi connectivity index (χ3n) is 5.25. The summed E-state index contributed by atoms with van der Waals surface area (Å²) in [5.41, 5.74) is 2.55. The molecule has 0 atom stereocenters. The van der Waals surface area contributed by atoms with Gasteiger partial charge in [-0.2, -0.15) is 0 Å². The third-order valence-corrected chi connectivity index (χ3v) is 7.77. The van der Waals surface area contributed by atoms with Gasteiger partial charge in [0.05, 0.1) is 9.79 Å². The van der Waals surface area contributed by atoms with Crippen LogP contribution in [0.25, 0.3) is 11.1 Å². The Bertz CT molecular complexity index is 1360. The van der Waals surface area contributed by atoms with Crippen LogP contribution in [0.3, 0.4) is 0 Å². The molecule has 0 unspecified atom stereocenters. The molecular weight excluding hydrogens is 509 g/mol. The smallest absolute Gasteiger partial charge is 0.744 e. The Morgan fingerprint density at radius 2 is 1.56 bits per heavy atom. The first-order valence-electron chi connectivity index (χ1n) is 10.2. The van der Waals surface area contributed by atoms with Crippen molar-refractivity contribution in [3.05, 3.63) is 70.7 Å². The van der Waals surface area contributed by atoms with Gasteiger partial charge in [-0.15, -0.1) is 0 Å². The molecule has 1 N–H and O–H groups in total. The molecule has 1 amide bonds. The molecule has 7 nitrogen and oxygen atoms in total. The fourth-order valence-corrected chi connectivity index (χ4v) is 5.39. The first kappa shape index (κ1) is 28.8. The second-order valence-corrected chi connectivity index (χ2v) is 11.4. The maximum atomic E-state index is 12.3. The largest absolute Gasteiger partial charge is 1.00 e. The summed E-state index contributed by atoms with van der Waals surface area (Å²) in [6.07, 6.45) is 0.450. The average molecular weight is 532 g/mol. The number of carbonyl (C=O) groups excluding carboxylic acids is 1. The molecule has 2 aliphatic rings. The minimum absolute atomic E-state index is 0. The normalized spacial score (nSPS) is 11.9. The number of sulfonamides is 1. The van der Waals surface area contributed by atoms with E-state index in [2.05, 4.69) is 0 Å². The molecule has 2 aliphatic carbocycles. The fourth-order valence-electron chi connectivity index (χ4n) is 3.51. The van der Waals surface area contributed by atoms with E-state index in [1.165, 1.54) is 30.3 Å². The van der Waals surface area contributed by atoms with Crippen molar-refractivity contribution in [2.75, 3.05) is 0 Å². The molecule has 0 bridgehead atoms. The van der Waals surface area contributed by atoms with Crippen LogP contribution in [0.2, 0.25) is 5.02 Å². The Kier molecular flexibility index (Phi) is 9.75. The molecule has 11 heteroatoms. The summed E-state index contributed by atoms with van der Waals surface area (Å²) in [5.74, 6) is -0.478. The quantitative estimate of drug-likeness (QED) is 0.345. The Labute approximate surface area is 227 Å². The van der Waals surface area contributed by atoms with E-state index in [9.17, 15) is 26.2 Å². The predicted molar refractivity (Wildman–Crippen MR) is 125 cm³/mol. The van der Waals surface area contributed by atoms with Gasteiger partial charge in [0.15, 0.2) is 0 Å². The zero-order valence-corrected chi connectivity index (χ0v) is 23.4. The van der Waals surface area contributed by atoms with Crippen LogP contribution in [0.1, 0.15) is 43.7 Å². The first-order valence-corrected chi connectivity index (χ1v) is 13.5. The monoisotopic (exact) mass is 531 g/mol. The van der Waals surface area contributed by atoms with Gasteiger partial charge in [-0.25, -0.2) is 21.6 Å². The van der Waals surface area contributed by atoms with Crippen molar-refractivity contribution in [2.24, 2.45) is 0 Å². The van der Waals surface area contributed by atoms with Crippen molar-refractivity contribution in [3.63, 3.8) is 0 Å². The van der Waals surface area contributed by atoms with Gasteiger partial charge in [0.1, 0.15) is 10.1 Å². The topological polar surface area (TPSA) is 120 Å². The number of hydrogen-bond acceptors (Lipinski definition) is 6.